The zero-order valence-corrected chi connectivity index (χ0v) is 18.9. The molecule has 5 nitrogen and oxygen atoms in total. The molecule has 33 heavy (non-hydrogen) atoms. The van der Waals surface area contributed by atoms with Crippen molar-refractivity contribution in [2.24, 2.45) is 0 Å². The zero-order chi connectivity index (χ0) is 22.6. The molecule has 0 bridgehead atoms. The Morgan fingerprint density at radius 1 is 0.970 bits per heavy atom. The molecular weight excluding hydrogens is 408 g/mol. The van der Waals surface area contributed by atoms with Crippen LogP contribution in [-0.2, 0) is 26.1 Å². The first-order valence-electron chi connectivity index (χ1n) is 11.4. The van der Waals surface area contributed by atoms with Gasteiger partial charge in [-0.3, -0.25) is 9.69 Å². The van der Waals surface area contributed by atoms with Gasteiger partial charge in [-0.15, -0.1) is 0 Å². The maximum absolute atomic E-state index is 12.8. The summed E-state index contributed by atoms with van der Waals surface area (Å²) < 4.78 is 2.04. The molecule has 0 saturated heterocycles. The highest BCUT2D eigenvalue weighted by atomic mass is 16.1. The number of aryl methyl sites for hydroxylation is 1. The molecule has 0 radical (unpaired) electrons. The third kappa shape index (κ3) is 4.73. The van der Waals surface area contributed by atoms with Gasteiger partial charge < -0.3 is 9.88 Å². The van der Waals surface area contributed by atoms with Crippen molar-refractivity contribution in [3.05, 3.63) is 119 Å². The summed E-state index contributed by atoms with van der Waals surface area (Å²) >= 11 is 0. The Morgan fingerprint density at radius 3 is 2.52 bits per heavy atom. The molecule has 1 N–H and O–H groups in total. The molecule has 4 aromatic rings. The van der Waals surface area contributed by atoms with Crippen molar-refractivity contribution in [3.8, 4) is 5.69 Å². The smallest absolute Gasteiger partial charge is 0.251 e. The summed E-state index contributed by atoms with van der Waals surface area (Å²) in [6.07, 6.45) is 4.82. The second-order valence-electron chi connectivity index (χ2n) is 8.58. The fraction of sp³-hybridized carbons (Fsp3) is 0.214. The molecule has 3 aromatic carbocycles. The van der Waals surface area contributed by atoms with E-state index in [1.165, 1.54) is 16.7 Å². The fourth-order valence-corrected chi connectivity index (χ4v) is 4.51. The van der Waals surface area contributed by atoms with Gasteiger partial charge in [0.1, 0.15) is 5.82 Å². The lowest BCUT2D eigenvalue weighted by Crippen LogP contribution is -2.30. The predicted octanol–water partition coefficient (Wildman–Crippen LogP) is 4.67. The van der Waals surface area contributed by atoms with E-state index in [0.29, 0.717) is 12.1 Å². The van der Waals surface area contributed by atoms with Crippen LogP contribution < -0.4 is 5.32 Å². The molecule has 0 spiro atoms. The minimum absolute atomic E-state index is 0.0643. The summed E-state index contributed by atoms with van der Waals surface area (Å²) in [6, 6.07) is 24.7. The third-order valence-corrected chi connectivity index (χ3v) is 6.35. The van der Waals surface area contributed by atoms with Gasteiger partial charge in [-0.25, -0.2) is 4.98 Å². The molecule has 0 unspecified atom stereocenters. The summed E-state index contributed by atoms with van der Waals surface area (Å²) in [4.78, 5) is 19.6. The Hall–Kier alpha value is -3.70. The van der Waals surface area contributed by atoms with E-state index in [1.807, 2.05) is 54.1 Å². The normalized spacial score (nSPS) is 13.5. The minimum atomic E-state index is -0.0643. The Bertz CT molecular complexity index is 1260. The molecule has 166 valence electrons. The van der Waals surface area contributed by atoms with Crippen LogP contribution in [0.2, 0.25) is 0 Å². The van der Waals surface area contributed by atoms with E-state index in [-0.39, 0.29) is 5.91 Å². The number of nitrogens with one attached hydrogen (secondary N) is 1. The number of fused-ring (bicyclic) bond motifs is 1. The Balaban J connectivity index is 1.20. The van der Waals surface area contributed by atoms with Crippen LogP contribution in [0.5, 0.6) is 0 Å². The van der Waals surface area contributed by atoms with Crippen LogP contribution in [0.1, 0.15) is 38.4 Å². The average molecular weight is 437 g/mol. The van der Waals surface area contributed by atoms with Gasteiger partial charge in [0, 0.05) is 44.1 Å². The van der Waals surface area contributed by atoms with E-state index in [9.17, 15) is 4.79 Å². The minimum Gasteiger partial charge on any atom is -0.348 e. The number of hydrogen-bond acceptors (Lipinski definition) is 3. The number of carbonyl (C=O) groups is 1. The van der Waals surface area contributed by atoms with Crippen LogP contribution in [0.4, 0.5) is 0 Å². The molecule has 5 rings (SSSR count). The lowest BCUT2D eigenvalue weighted by Gasteiger charge is -2.28. The molecule has 1 amide bonds. The average Bonchev–Trinajstić information content (AvgIpc) is 3.28. The highest BCUT2D eigenvalue weighted by Gasteiger charge is 2.16. The van der Waals surface area contributed by atoms with Gasteiger partial charge in [-0.2, -0.15) is 0 Å². The number of imidazole rings is 1. The molecule has 1 aromatic heterocycles. The van der Waals surface area contributed by atoms with E-state index < -0.39 is 0 Å². The monoisotopic (exact) mass is 436 g/mol. The van der Waals surface area contributed by atoms with E-state index >= 15 is 0 Å². The maximum atomic E-state index is 12.8. The number of benzene rings is 3. The number of rotatable bonds is 6. The van der Waals surface area contributed by atoms with Gasteiger partial charge in [0.25, 0.3) is 5.91 Å². The van der Waals surface area contributed by atoms with E-state index in [0.717, 1.165) is 43.1 Å². The van der Waals surface area contributed by atoms with E-state index in [1.54, 1.807) is 6.20 Å². The van der Waals surface area contributed by atoms with Crippen LogP contribution in [0.25, 0.3) is 5.69 Å². The van der Waals surface area contributed by atoms with Crippen LogP contribution >= 0.6 is 0 Å². The van der Waals surface area contributed by atoms with Crippen molar-refractivity contribution in [1.82, 2.24) is 19.8 Å². The van der Waals surface area contributed by atoms with E-state index in [4.69, 9.17) is 0 Å². The fourth-order valence-electron chi connectivity index (χ4n) is 4.51. The number of para-hydroxylation sites is 1. The molecule has 5 heteroatoms. The topological polar surface area (TPSA) is 50.2 Å². The number of amides is 1. The predicted molar refractivity (Wildman–Crippen MR) is 130 cm³/mol. The van der Waals surface area contributed by atoms with Gasteiger partial charge in [-0.05, 0) is 53.8 Å². The van der Waals surface area contributed by atoms with Crippen LogP contribution in [-0.4, -0.2) is 26.9 Å². The second-order valence-corrected chi connectivity index (χ2v) is 8.58. The van der Waals surface area contributed by atoms with Crippen molar-refractivity contribution >= 4 is 5.91 Å². The molecule has 1 aliphatic heterocycles. The number of hydrogen-bond donors (Lipinski definition) is 1. The zero-order valence-electron chi connectivity index (χ0n) is 18.9. The highest BCUT2D eigenvalue weighted by Crippen LogP contribution is 2.21. The standard InChI is InChI=1S/C28H28N4O/c1-21-29-15-17-32(21)27-9-5-4-7-25(27)18-30-28(33)24-12-10-22(11-13-24)19-31-16-14-23-6-2-3-8-26(23)20-31/h2-13,15,17H,14,16,18-20H2,1H3,(H,30,33). The van der Waals surface area contributed by atoms with Crippen LogP contribution in [0.15, 0.2) is 85.2 Å². The van der Waals surface area contributed by atoms with Crippen LogP contribution in [0.3, 0.4) is 0 Å². The molecular formula is C28H28N4O. The van der Waals surface area contributed by atoms with Crippen molar-refractivity contribution in [1.29, 1.82) is 0 Å². The largest absolute Gasteiger partial charge is 0.348 e. The molecule has 1 aliphatic rings. The first-order chi connectivity index (χ1) is 16.2. The van der Waals surface area contributed by atoms with Crippen molar-refractivity contribution in [2.45, 2.75) is 33.0 Å². The van der Waals surface area contributed by atoms with Crippen molar-refractivity contribution in [3.63, 3.8) is 0 Å². The maximum Gasteiger partial charge on any atom is 0.251 e. The van der Waals surface area contributed by atoms with Gasteiger partial charge in [0.2, 0.25) is 0 Å². The molecule has 2 heterocycles. The Morgan fingerprint density at radius 2 is 1.73 bits per heavy atom. The lowest BCUT2D eigenvalue weighted by atomic mass is 9.99. The number of aromatic nitrogens is 2. The number of carbonyl (C=O) groups excluding carboxylic acids is 1. The first-order valence-corrected chi connectivity index (χ1v) is 11.4. The highest BCUT2D eigenvalue weighted by molar-refractivity contribution is 5.94. The van der Waals surface area contributed by atoms with Crippen LogP contribution in [0, 0.1) is 6.92 Å². The quantitative estimate of drug-likeness (QED) is 0.478. The second kappa shape index (κ2) is 9.43. The third-order valence-electron chi connectivity index (χ3n) is 6.35. The number of nitrogens with zero attached hydrogens (tertiary/aromatic N) is 3. The molecule has 0 saturated carbocycles. The van der Waals surface area contributed by atoms with E-state index in [2.05, 4.69) is 51.6 Å². The SMILES string of the molecule is Cc1nccn1-c1ccccc1CNC(=O)c1ccc(CN2CCc3ccccc3C2)cc1. The first kappa shape index (κ1) is 21.2. The molecule has 0 fully saturated rings. The molecule has 0 atom stereocenters. The lowest BCUT2D eigenvalue weighted by molar-refractivity contribution is 0.0951. The van der Waals surface area contributed by atoms with Crippen molar-refractivity contribution < 1.29 is 4.79 Å². The van der Waals surface area contributed by atoms with Gasteiger partial charge in [0.05, 0.1) is 5.69 Å². The van der Waals surface area contributed by atoms with Crippen molar-refractivity contribution in [2.75, 3.05) is 6.54 Å². The van der Waals surface area contributed by atoms with Gasteiger partial charge in [0.15, 0.2) is 0 Å². The Labute approximate surface area is 194 Å². The molecule has 0 aliphatic carbocycles. The summed E-state index contributed by atoms with van der Waals surface area (Å²) in [5.74, 6) is 0.854. The summed E-state index contributed by atoms with van der Waals surface area (Å²) in [5.41, 5.74) is 6.88. The summed E-state index contributed by atoms with van der Waals surface area (Å²) in [6.45, 7) is 5.37. The van der Waals surface area contributed by atoms with Gasteiger partial charge in [-0.1, -0.05) is 54.6 Å². The van der Waals surface area contributed by atoms with Gasteiger partial charge >= 0.3 is 0 Å². The summed E-state index contributed by atoms with van der Waals surface area (Å²) in [5, 5.41) is 3.07. The Kier molecular flexibility index (Phi) is 6.05. The summed E-state index contributed by atoms with van der Waals surface area (Å²) in [7, 11) is 0.